The molecule has 0 saturated carbocycles. The summed E-state index contributed by atoms with van der Waals surface area (Å²) in [5, 5.41) is 20.9. The van der Waals surface area contributed by atoms with Gasteiger partial charge in [0.15, 0.2) is 0 Å². The van der Waals surface area contributed by atoms with Crippen molar-refractivity contribution in [3.63, 3.8) is 0 Å². The van der Waals surface area contributed by atoms with E-state index in [1.54, 1.807) is 0 Å². The average Bonchev–Trinajstić information content (AvgIpc) is 2.74. The van der Waals surface area contributed by atoms with E-state index in [1.807, 2.05) is 0 Å². The van der Waals surface area contributed by atoms with E-state index in [0.717, 1.165) is 36.3 Å². The van der Waals surface area contributed by atoms with Gasteiger partial charge in [-0.1, -0.05) is 0 Å². The third-order valence-corrected chi connectivity index (χ3v) is 2.59. The van der Waals surface area contributed by atoms with E-state index in [1.165, 1.54) is 6.33 Å². The lowest BCUT2D eigenvalue weighted by molar-refractivity contribution is 0.105. The van der Waals surface area contributed by atoms with Gasteiger partial charge in [-0.05, 0) is 19.3 Å². The molecule has 0 saturated heterocycles. The maximum Gasteiger partial charge on any atom is 0.132 e. The molecule has 1 atom stereocenters. The number of hydrogen-bond donors (Lipinski definition) is 3. The molecule has 1 aliphatic carbocycles. The maximum absolute atomic E-state index is 9.21. The first-order chi connectivity index (χ1) is 7.31. The molecule has 5 nitrogen and oxygen atoms in total. The quantitative estimate of drug-likeness (QED) is 0.636. The summed E-state index contributed by atoms with van der Waals surface area (Å²) < 4.78 is 0. The number of nitrogens with one attached hydrogen (secondary N) is 1. The smallest absolute Gasteiger partial charge is 0.132 e. The third kappa shape index (κ3) is 2.24. The Morgan fingerprint density at radius 2 is 2.27 bits per heavy atom. The normalized spacial score (nSPS) is 16.1. The van der Waals surface area contributed by atoms with Gasteiger partial charge in [0.05, 0.1) is 12.7 Å². The van der Waals surface area contributed by atoms with E-state index in [0.29, 0.717) is 6.54 Å². The largest absolute Gasteiger partial charge is 0.394 e. The van der Waals surface area contributed by atoms with Gasteiger partial charge in [-0.3, -0.25) is 0 Å². The molecule has 0 radical (unpaired) electrons. The highest BCUT2D eigenvalue weighted by molar-refractivity contribution is 5.47. The zero-order valence-corrected chi connectivity index (χ0v) is 8.48. The van der Waals surface area contributed by atoms with Crippen LogP contribution in [0.25, 0.3) is 0 Å². The molecule has 2 rings (SSSR count). The molecule has 15 heavy (non-hydrogen) atoms. The van der Waals surface area contributed by atoms with Crippen LogP contribution in [-0.4, -0.2) is 39.4 Å². The molecule has 0 spiro atoms. The Balaban J connectivity index is 2.06. The highest BCUT2D eigenvalue weighted by atomic mass is 16.3. The molecule has 0 bridgehead atoms. The predicted molar refractivity (Wildman–Crippen MR) is 55.6 cm³/mol. The molecular weight excluding hydrogens is 194 g/mol. The molecule has 0 aliphatic heterocycles. The standard InChI is InChI=1S/C10H15N3O2/c14-5-7(15)4-11-10-8-2-1-3-9(8)12-6-13-10/h6-7,14-15H,1-5H2,(H,11,12,13). The molecule has 1 aromatic rings. The highest BCUT2D eigenvalue weighted by Crippen LogP contribution is 2.24. The molecule has 82 valence electrons. The van der Waals surface area contributed by atoms with Gasteiger partial charge in [0, 0.05) is 17.8 Å². The van der Waals surface area contributed by atoms with Crippen LogP contribution in [0.3, 0.4) is 0 Å². The summed E-state index contributed by atoms with van der Waals surface area (Å²) in [7, 11) is 0. The number of nitrogens with zero attached hydrogens (tertiary/aromatic N) is 2. The Morgan fingerprint density at radius 1 is 1.40 bits per heavy atom. The summed E-state index contributed by atoms with van der Waals surface area (Å²) in [6.45, 7) is 0.0836. The number of fused-ring (bicyclic) bond motifs is 1. The van der Waals surface area contributed by atoms with Crippen LogP contribution < -0.4 is 5.32 Å². The van der Waals surface area contributed by atoms with E-state index in [9.17, 15) is 5.11 Å². The Morgan fingerprint density at radius 3 is 3.07 bits per heavy atom. The van der Waals surface area contributed by atoms with Gasteiger partial charge in [0.25, 0.3) is 0 Å². The van der Waals surface area contributed by atoms with Crippen molar-refractivity contribution >= 4 is 5.82 Å². The summed E-state index contributed by atoms with van der Waals surface area (Å²) in [5.74, 6) is 0.796. The Bertz CT molecular complexity index is 343. The summed E-state index contributed by atoms with van der Waals surface area (Å²) in [5.41, 5.74) is 2.26. The number of aryl methyl sites for hydroxylation is 1. The molecule has 0 fully saturated rings. The second-order valence-corrected chi connectivity index (χ2v) is 3.72. The van der Waals surface area contributed by atoms with Crippen LogP contribution in [-0.2, 0) is 12.8 Å². The van der Waals surface area contributed by atoms with Crippen LogP contribution in [0.1, 0.15) is 17.7 Å². The monoisotopic (exact) mass is 209 g/mol. The highest BCUT2D eigenvalue weighted by Gasteiger charge is 2.17. The van der Waals surface area contributed by atoms with Crippen molar-refractivity contribution in [3.05, 3.63) is 17.6 Å². The summed E-state index contributed by atoms with van der Waals surface area (Å²) >= 11 is 0. The fraction of sp³-hybridized carbons (Fsp3) is 0.600. The average molecular weight is 209 g/mol. The van der Waals surface area contributed by atoms with Crippen LogP contribution in [0.4, 0.5) is 5.82 Å². The lowest BCUT2D eigenvalue weighted by Gasteiger charge is -2.11. The van der Waals surface area contributed by atoms with Gasteiger partial charge < -0.3 is 15.5 Å². The van der Waals surface area contributed by atoms with Gasteiger partial charge in [0.1, 0.15) is 12.1 Å². The van der Waals surface area contributed by atoms with Crippen molar-refractivity contribution in [2.24, 2.45) is 0 Å². The molecule has 1 aliphatic rings. The summed E-state index contributed by atoms with van der Waals surface area (Å²) in [6, 6.07) is 0. The molecular formula is C10H15N3O2. The zero-order valence-electron chi connectivity index (χ0n) is 8.48. The first-order valence-electron chi connectivity index (χ1n) is 5.17. The minimum atomic E-state index is -0.739. The molecule has 1 aromatic heterocycles. The first-order valence-corrected chi connectivity index (χ1v) is 5.17. The zero-order chi connectivity index (χ0) is 10.7. The van der Waals surface area contributed by atoms with Crippen molar-refractivity contribution < 1.29 is 10.2 Å². The van der Waals surface area contributed by atoms with Gasteiger partial charge in [0.2, 0.25) is 0 Å². The summed E-state index contributed by atoms with van der Waals surface area (Å²) in [4.78, 5) is 8.35. The van der Waals surface area contributed by atoms with Crippen LogP contribution >= 0.6 is 0 Å². The minimum Gasteiger partial charge on any atom is -0.394 e. The van der Waals surface area contributed by atoms with Gasteiger partial charge >= 0.3 is 0 Å². The van der Waals surface area contributed by atoms with E-state index in [4.69, 9.17) is 5.11 Å². The fourth-order valence-electron chi connectivity index (χ4n) is 1.79. The van der Waals surface area contributed by atoms with E-state index < -0.39 is 6.10 Å². The lowest BCUT2D eigenvalue weighted by atomic mass is 10.2. The van der Waals surface area contributed by atoms with Crippen LogP contribution in [0.15, 0.2) is 6.33 Å². The molecule has 1 heterocycles. The molecule has 0 amide bonds. The van der Waals surface area contributed by atoms with E-state index in [2.05, 4.69) is 15.3 Å². The van der Waals surface area contributed by atoms with Gasteiger partial charge in [-0.2, -0.15) is 0 Å². The SMILES string of the molecule is OCC(O)CNc1ncnc2c1CCC2. The fourth-order valence-corrected chi connectivity index (χ4v) is 1.79. The predicted octanol–water partition coefficient (Wildman–Crippen LogP) is -0.270. The first kappa shape index (κ1) is 10.3. The number of aliphatic hydroxyl groups is 2. The van der Waals surface area contributed by atoms with Crippen LogP contribution in [0, 0.1) is 0 Å². The molecule has 0 aromatic carbocycles. The second-order valence-electron chi connectivity index (χ2n) is 3.72. The van der Waals surface area contributed by atoms with Crippen molar-refractivity contribution in [3.8, 4) is 0 Å². The molecule has 3 N–H and O–H groups in total. The van der Waals surface area contributed by atoms with Gasteiger partial charge in [-0.25, -0.2) is 9.97 Å². The Labute approximate surface area is 88.2 Å². The number of aliphatic hydroxyl groups excluding tert-OH is 2. The Kier molecular flexibility index (Phi) is 3.13. The molecule has 5 heteroatoms. The number of aromatic nitrogens is 2. The lowest BCUT2D eigenvalue weighted by Crippen LogP contribution is -2.24. The van der Waals surface area contributed by atoms with E-state index >= 15 is 0 Å². The number of hydrogen-bond acceptors (Lipinski definition) is 5. The van der Waals surface area contributed by atoms with Crippen molar-refractivity contribution in [2.45, 2.75) is 25.4 Å². The second kappa shape index (κ2) is 4.55. The summed E-state index contributed by atoms with van der Waals surface area (Å²) in [6.07, 6.45) is 3.92. The molecule has 1 unspecified atom stereocenters. The maximum atomic E-state index is 9.21. The number of anilines is 1. The number of rotatable bonds is 4. The van der Waals surface area contributed by atoms with Crippen molar-refractivity contribution in [2.75, 3.05) is 18.5 Å². The van der Waals surface area contributed by atoms with Crippen LogP contribution in [0.2, 0.25) is 0 Å². The minimum absolute atomic E-state index is 0.236. The van der Waals surface area contributed by atoms with E-state index in [-0.39, 0.29) is 6.61 Å². The van der Waals surface area contributed by atoms with Crippen molar-refractivity contribution in [1.82, 2.24) is 9.97 Å². The van der Waals surface area contributed by atoms with Crippen LogP contribution in [0.5, 0.6) is 0 Å². The topological polar surface area (TPSA) is 78.3 Å². The third-order valence-electron chi connectivity index (χ3n) is 2.59. The van der Waals surface area contributed by atoms with Crippen molar-refractivity contribution in [1.29, 1.82) is 0 Å². The van der Waals surface area contributed by atoms with Gasteiger partial charge in [-0.15, -0.1) is 0 Å². The Hall–Kier alpha value is -1.20.